The average Bonchev–Trinajstić information content (AvgIpc) is 3.44. The van der Waals surface area contributed by atoms with Gasteiger partial charge in [0.1, 0.15) is 17.7 Å². The van der Waals surface area contributed by atoms with Crippen molar-refractivity contribution in [2.75, 3.05) is 26.8 Å². The first-order valence-corrected chi connectivity index (χ1v) is 14.5. The Balaban J connectivity index is 1.24. The molecule has 44 heavy (non-hydrogen) atoms. The van der Waals surface area contributed by atoms with E-state index in [2.05, 4.69) is 15.6 Å². The van der Waals surface area contributed by atoms with Crippen LogP contribution in [0, 0.1) is 5.82 Å². The number of aryl methyl sites for hydroxylation is 1. The second-order valence-electron chi connectivity index (χ2n) is 11.0. The number of fused-ring (bicyclic) bond motifs is 6. The predicted octanol–water partition coefficient (Wildman–Crippen LogP) is 3.74. The number of amides is 3. The molecule has 2 atom stereocenters. The number of carbonyl (C=O) groups is 3. The van der Waals surface area contributed by atoms with E-state index in [1.54, 1.807) is 23.1 Å². The first-order chi connectivity index (χ1) is 21.4. The van der Waals surface area contributed by atoms with E-state index < -0.39 is 29.8 Å². The number of nitrogens with zero attached hydrogens (tertiary/aromatic N) is 1. The zero-order chi connectivity index (χ0) is 30.6. The van der Waals surface area contributed by atoms with Gasteiger partial charge in [-0.05, 0) is 53.9 Å². The lowest BCUT2D eigenvalue weighted by atomic mass is 9.99. The number of benzene rings is 3. The molecular weight excluding hydrogens is 567 g/mol. The number of aromatic amines is 1. The topological polar surface area (TPSA) is 122 Å². The highest BCUT2D eigenvalue weighted by Crippen LogP contribution is 2.29. The number of likely N-dealkylation sites (tertiary alicyclic amines) is 1. The molecular formula is C33H33FN4O6. The van der Waals surface area contributed by atoms with Crippen LogP contribution in [0.15, 0.2) is 66.9 Å². The van der Waals surface area contributed by atoms with Gasteiger partial charge in [-0.1, -0.05) is 18.2 Å². The molecule has 3 heterocycles. The molecule has 228 valence electrons. The van der Waals surface area contributed by atoms with Crippen molar-refractivity contribution in [1.29, 1.82) is 0 Å². The summed E-state index contributed by atoms with van der Waals surface area (Å²) in [7, 11) is 1.46. The first kappa shape index (κ1) is 29.0. The maximum absolute atomic E-state index is 14.6. The Morgan fingerprint density at radius 1 is 1.11 bits per heavy atom. The van der Waals surface area contributed by atoms with E-state index in [0.717, 1.165) is 16.5 Å². The minimum atomic E-state index is -0.584. The Bertz CT molecular complexity index is 1700. The van der Waals surface area contributed by atoms with Crippen LogP contribution in [-0.4, -0.2) is 66.6 Å². The molecule has 10 nitrogen and oxygen atoms in total. The second-order valence-corrected chi connectivity index (χ2v) is 11.0. The fraction of sp³-hybridized carbons (Fsp3) is 0.303. The van der Waals surface area contributed by atoms with Crippen molar-refractivity contribution in [3.63, 3.8) is 0 Å². The summed E-state index contributed by atoms with van der Waals surface area (Å²) < 4.78 is 31.8. The van der Waals surface area contributed by atoms with Crippen LogP contribution in [0.4, 0.5) is 4.39 Å². The van der Waals surface area contributed by atoms with Crippen molar-refractivity contribution in [2.45, 2.75) is 38.0 Å². The summed E-state index contributed by atoms with van der Waals surface area (Å²) in [4.78, 5) is 44.3. The molecule has 3 amide bonds. The largest absolute Gasteiger partial charge is 0.493 e. The lowest BCUT2D eigenvalue weighted by molar-refractivity contribution is -0.133. The molecule has 1 aromatic heterocycles. The van der Waals surface area contributed by atoms with E-state index in [0.29, 0.717) is 37.1 Å². The van der Waals surface area contributed by atoms with Crippen LogP contribution in [0.25, 0.3) is 10.9 Å². The van der Waals surface area contributed by atoms with Gasteiger partial charge in [-0.2, -0.15) is 0 Å². The summed E-state index contributed by atoms with van der Waals surface area (Å²) in [5.41, 5.74) is 2.88. The number of carbonyl (C=O) groups excluding carboxylic acids is 3. The van der Waals surface area contributed by atoms with Gasteiger partial charge in [0, 0.05) is 61.2 Å². The number of piperidine rings is 1. The monoisotopic (exact) mass is 600 g/mol. The highest BCUT2D eigenvalue weighted by molar-refractivity contribution is 5.95. The van der Waals surface area contributed by atoms with E-state index in [-0.39, 0.29) is 42.7 Å². The van der Waals surface area contributed by atoms with Crippen molar-refractivity contribution in [3.05, 3.63) is 89.4 Å². The molecule has 2 aliphatic heterocycles. The standard InChI is InChI=1S/C33H33FN4O6/c1-42-29-8-6-21-14-30(29)43-19-31(39)36-16-20-12-23(34)15-24(13-20)44-28-10-11-38(18-27(28)37-33(21)41)32(40)9-7-22-17-35-26-5-3-2-4-25(22)26/h2-6,8,12-15,17,27-28,35H,7,9-11,16,18-19H2,1H3,(H,36,39)(H,37,41)/t27-,28+/m0/s1. The molecule has 2 aliphatic rings. The van der Waals surface area contributed by atoms with Crippen molar-refractivity contribution >= 4 is 28.6 Å². The number of rotatable bonds is 4. The molecule has 4 aromatic rings. The Hall–Kier alpha value is -5.06. The lowest BCUT2D eigenvalue weighted by Gasteiger charge is -2.39. The molecule has 3 aromatic carbocycles. The number of H-pyrrole nitrogens is 1. The summed E-state index contributed by atoms with van der Waals surface area (Å²) in [5, 5.41) is 6.83. The van der Waals surface area contributed by atoms with Crippen molar-refractivity contribution in [1.82, 2.24) is 20.5 Å². The number of methoxy groups -OCH3 is 1. The fourth-order valence-electron chi connectivity index (χ4n) is 5.72. The van der Waals surface area contributed by atoms with Crippen LogP contribution in [0.5, 0.6) is 17.2 Å². The fourth-order valence-corrected chi connectivity index (χ4v) is 5.72. The van der Waals surface area contributed by atoms with Crippen LogP contribution in [0.1, 0.15) is 34.3 Å². The van der Waals surface area contributed by atoms with Crippen LogP contribution in [0.2, 0.25) is 0 Å². The summed E-state index contributed by atoms with van der Waals surface area (Å²) in [6.07, 6.45) is 2.71. The number of nitrogens with one attached hydrogen (secondary N) is 3. The third-order valence-electron chi connectivity index (χ3n) is 7.99. The quantitative estimate of drug-likeness (QED) is 0.328. The first-order valence-electron chi connectivity index (χ1n) is 14.5. The summed E-state index contributed by atoms with van der Waals surface area (Å²) in [5.74, 6) is -0.540. The van der Waals surface area contributed by atoms with Gasteiger partial charge < -0.3 is 34.7 Å². The van der Waals surface area contributed by atoms with Gasteiger partial charge in [0.05, 0.1) is 13.2 Å². The maximum Gasteiger partial charge on any atom is 0.258 e. The Morgan fingerprint density at radius 2 is 1.98 bits per heavy atom. The summed E-state index contributed by atoms with van der Waals surface area (Å²) >= 11 is 0. The number of para-hydroxylation sites is 1. The molecule has 1 fully saturated rings. The van der Waals surface area contributed by atoms with Gasteiger partial charge in [-0.15, -0.1) is 0 Å². The molecule has 0 spiro atoms. The molecule has 6 rings (SSSR count). The van der Waals surface area contributed by atoms with Gasteiger partial charge in [0.15, 0.2) is 18.1 Å². The number of halogens is 1. The smallest absolute Gasteiger partial charge is 0.258 e. The van der Waals surface area contributed by atoms with E-state index in [1.807, 2.05) is 30.5 Å². The lowest BCUT2D eigenvalue weighted by Crippen LogP contribution is -2.58. The predicted molar refractivity (Wildman–Crippen MR) is 160 cm³/mol. The summed E-state index contributed by atoms with van der Waals surface area (Å²) in [6.45, 7) is 0.376. The van der Waals surface area contributed by atoms with E-state index in [9.17, 15) is 18.8 Å². The van der Waals surface area contributed by atoms with E-state index in [1.165, 1.54) is 25.3 Å². The van der Waals surface area contributed by atoms with E-state index >= 15 is 0 Å². The van der Waals surface area contributed by atoms with Crippen LogP contribution in [-0.2, 0) is 22.6 Å². The second kappa shape index (κ2) is 12.7. The molecule has 1 saturated heterocycles. The highest BCUT2D eigenvalue weighted by atomic mass is 19.1. The van der Waals surface area contributed by atoms with Crippen molar-refractivity contribution < 1.29 is 33.0 Å². The number of ether oxygens (including phenoxy) is 3. The molecule has 0 saturated carbocycles. The zero-order valence-corrected chi connectivity index (χ0v) is 24.2. The Kier molecular flexibility index (Phi) is 8.36. The third-order valence-corrected chi connectivity index (χ3v) is 7.99. The number of hydrogen-bond acceptors (Lipinski definition) is 6. The molecule has 0 radical (unpaired) electrons. The zero-order valence-electron chi connectivity index (χ0n) is 24.2. The normalized spacial score (nSPS) is 18.8. The van der Waals surface area contributed by atoms with Gasteiger partial charge in [0.25, 0.3) is 11.8 Å². The summed E-state index contributed by atoms with van der Waals surface area (Å²) in [6, 6.07) is 16.3. The van der Waals surface area contributed by atoms with Crippen LogP contribution in [0.3, 0.4) is 0 Å². The van der Waals surface area contributed by atoms with Gasteiger partial charge in [0.2, 0.25) is 5.91 Å². The number of hydrogen-bond donors (Lipinski definition) is 3. The van der Waals surface area contributed by atoms with Crippen molar-refractivity contribution in [2.24, 2.45) is 0 Å². The molecule has 4 bridgehead atoms. The molecule has 0 aliphatic carbocycles. The Labute approximate surface area is 253 Å². The Morgan fingerprint density at radius 3 is 2.84 bits per heavy atom. The van der Waals surface area contributed by atoms with Crippen LogP contribution >= 0.6 is 0 Å². The molecule has 3 N–H and O–H groups in total. The van der Waals surface area contributed by atoms with Gasteiger partial charge >= 0.3 is 0 Å². The average molecular weight is 601 g/mol. The van der Waals surface area contributed by atoms with Crippen LogP contribution < -0.4 is 24.8 Å². The maximum atomic E-state index is 14.6. The third kappa shape index (κ3) is 6.46. The minimum Gasteiger partial charge on any atom is -0.493 e. The molecule has 0 unspecified atom stereocenters. The van der Waals surface area contributed by atoms with Gasteiger partial charge in [-0.3, -0.25) is 14.4 Å². The highest BCUT2D eigenvalue weighted by Gasteiger charge is 2.34. The van der Waals surface area contributed by atoms with Gasteiger partial charge in [-0.25, -0.2) is 4.39 Å². The number of aromatic nitrogens is 1. The SMILES string of the molecule is COc1ccc2cc1OCC(=O)NCc1cc(F)cc(c1)O[C@@H]1CCN(C(=O)CCc3c[nH]c4ccccc34)C[C@@H]1NC2=O. The van der Waals surface area contributed by atoms with Crippen molar-refractivity contribution in [3.8, 4) is 17.2 Å². The molecule has 11 heteroatoms. The van der Waals surface area contributed by atoms with E-state index in [4.69, 9.17) is 14.2 Å². The minimum absolute atomic E-state index is 0.0287.